The maximum atomic E-state index is 14.1. The van der Waals surface area contributed by atoms with Crippen LogP contribution in [0, 0.1) is 19.7 Å². The Bertz CT molecular complexity index is 1210. The van der Waals surface area contributed by atoms with Crippen LogP contribution in [0.4, 0.5) is 4.39 Å². The first kappa shape index (κ1) is 21.2. The maximum Gasteiger partial charge on any atom is 0.352 e. The standard InChI is InChI=1S/C22H23FN4O3/c1-5-25(4)20(28)19-21(29)26(13-16-9-6-14(2)7-10-16)22(30)27(24-19)17-11-8-15(3)18(23)12-17/h6-12H,5,13H2,1-4H3. The Morgan fingerprint density at radius 1 is 1.10 bits per heavy atom. The number of carbonyl (C=O) groups is 1. The molecule has 0 bridgehead atoms. The molecule has 3 rings (SSSR count). The van der Waals surface area contributed by atoms with Gasteiger partial charge in [0, 0.05) is 19.7 Å². The minimum atomic E-state index is -0.783. The van der Waals surface area contributed by atoms with Gasteiger partial charge in [0.2, 0.25) is 5.69 Å². The summed E-state index contributed by atoms with van der Waals surface area (Å²) in [7, 11) is 1.54. The topological polar surface area (TPSA) is 77.2 Å². The highest BCUT2D eigenvalue weighted by molar-refractivity contribution is 5.91. The predicted molar refractivity (Wildman–Crippen MR) is 112 cm³/mol. The third-order valence-electron chi connectivity index (χ3n) is 4.94. The van der Waals surface area contributed by atoms with Crippen molar-refractivity contribution in [2.24, 2.45) is 0 Å². The molecule has 0 unspecified atom stereocenters. The zero-order valence-corrected chi connectivity index (χ0v) is 17.3. The third kappa shape index (κ3) is 4.07. The predicted octanol–water partition coefficient (Wildman–Crippen LogP) is 2.29. The molecule has 0 fully saturated rings. The van der Waals surface area contributed by atoms with E-state index in [-0.39, 0.29) is 12.2 Å². The highest BCUT2D eigenvalue weighted by atomic mass is 19.1. The number of benzene rings is 2. The van der Waals surface area contributed by atoms with Gasteiger partial charge < -0.3 is 4.90 Å². The van der Waals surface area contributed by atoms with Gasteiger partial charge in [0.25, 0.3) is 11.5 Å². The Labute approximate surface area is 173 Å². The average molecular weight is 410 g/mol. The molecule has 8 heteroatoms. The first-order chi connectivity index (χ1) is 14.2. The summed E-state index contributed by atoms with van der Waals surface area (Å²) in [6.07, 6.45) is 0. The van der Waals surface area contributed by atoms with Crippen molar-refractivity contribution in [3.63, 3.8) is 0 Å². The molecule has 0 aliphatic carbocycles. The van der Waals surface area contributed by atoms with Crippen LogP contribution in [0.2, 0.25) is 0 Å². The fraction of sp³-hybridized carbons (Fsp3) is 0.273. The van der Waals surface area contributed by atoms with Crippen molar-refractivity contribution in [1.29, 1.82) is 0 Å². The van der Waals surface area contributed by atoms with Crippen LogP contribution in [-0.2, 0) is 6.54 Å². The summed E-state index contributed by atoms with van der Waals surface area (Å²) in [5, 5.41) is 4.01. The van der Waals surface area contributed by atoms with Gasteiger partial charge in [-0.1, -0.05) is 35.9 Å². The average Bonchev–Trinajstić information content (AvgIpc) is 2.73. The van der Waals surface area contributed by atoms with E-state index >= 15 is 0 Å². The minimum absolute atomic E-state index is 0.0368. The summed E-state index contributed by atoms with van der Waals surface area (Å²) in [6, 6.07) is 11.5. The second kappa shape index (κ2) is 8.44. The monoisotopic (exact) mass is 410 g/mol. The zero-order chi connectivity index (χ0) is 22.0. The molecule has 0 N–H and O–H groups in total. The van der Waals surface area contributed by atoms with Gasteiger partial charge in [0.05, 0.1) is 12.2 Å². The molecule has 0 saturated carbocycles. The fourth-order valence-corrected chi connectivity index (χ4v) is 2.87. The van der Waals surface area contributed by atoms with E-state index in [9.17, 15) is 18.8 Å². The molecule has 30 heavy (non-hydrogen) atoms. The van der Waals surface area contributed by atoms with E-state index < -0.39 is 28.7 Å². The molecule has 2 aromatic carbocycles. The van der Waals surface area contributed by atoms with Gasteiger partial charge in [-0.3, -0.25) is 14.2 Å². The van der Waals surface area contributed by atoms with Crippen molar-refractivity contribution < 1.29 is 9.18 Å². The van der Waals surface area contributed by atoms with Gasteiger partial charge >= 0.3 is 5.69 Å². The van der Waals surface area contributed by atoms with E-state index in [0.29, 0.717) is 12.1 Å². The van der Waals surface area contributed by atoms with Crippen molar-refractivity contribution >= 4 is 5.91 Å². The molecule has 0 aliphatic rings. The van der Waals surface area contributed by atoms with Gasteiger partial charge in [-0.05, 0) is 38.0 Å². The van der Waals surface area contributed by atoms with Crippen molar-refractivity contribution in [2.75, 3.05) is 13.6 Å². The van der Waals surface area contributed by atoms with Crippen LogP contribution in [0.5, 0.6) is 0 Å². The van der Waals surface area contributed by atoms with E-state index in [0.717, 1.165) is 26.4 Å². The fourth-order valence-electron chi connectivity index (χ4n) is 2.87. The third-order valence-corrected chi connectivity index (χ3v) is 4.94. The molecule has 1 amide bonds. The minimum Gasteiger partial charge on any atom is -0.340 e. The molecule has 1 heterocycles. The molecule has 0 aliphatic heterocycles. The highest BCUT2D eigenvalue weighted by Gasteiger charge is 2.22. The Morgan fingerprint density at radius 2 is 1.77 bits per heavy atom. The van der Waals surface area contributed by atoms with Gasteiger partial charge in [0.15, 0.2) is 0 Å². The van der Waals surface area contributed by atoms with Crippen LogP contribution in [0.3, 0.4) is 0 Å². The number of aryl methyl sites for hydroxylation is 2. The van der Waals surface area contributed by atoms with Crippen LogP contribution >= 0.6 is 0 Å². The van der Waals surface area contributed by atoms with Crippen molar-refractivity contribution in [2.45, 2.75) is 27.3 Å². The lowest BCUT2D eigenvalue weighted by atomic mass is 10.1. The summed E-state index contributed by atoms with van der Waals surface area (Å²) in [5.41, 5.74) is 0.362. The molecule has 7 nitrogen and oxygen atoms in total. The maximum absolute atomic E-state index is 14.1. The van der Waals surface area contributed by atoms with E-state index in [1.165, 1.54) is 24.1 Å². The lowest BCUT2D eigenvalue weighted by Crippen LogP contribution is -2.46. The molecule has 0 radical (unpaired) electrons. The summed E-state index contributed by atoms with van der Waals surface area (Å²) in [4.78, 5) is 40.1. The van der Waals surface area contributed by atoms with Gasteiger partial charge in [-0.25, -0.2) is 9.18 Å². The first-order valence-corrected chi connectivity index (χ1v) is 9.54. The second-order valence-electron chi connectivity index (χ2n) is 7.17. The SMILES string of the molecule is CCN(C)C(=O)c1nn(-c2ccc(C)c(F)c2)c(=O)n(Cc2ccc(C)cc2)c1=O. The summed E-state index contributed by atoms with van der Waals surface area (Å²) >= 11 is 0. The Hall–Kier alpha value is -3.55. The summed E-state index contributed by atoms with van der Waals surface area (Å²) < 4.78 is 16.0. The van der Waals surface area contributed by atoms with Crippen LogP contribution in [0.15, 0.2) is 52.1 Å². The van der Waals surface area contributed by atoms with Gasteiger partial charge in [-0.15, -0.1) is 0 Å². The Kier molecular flexibility index (Phi) is 5.96. The van der Waals surface area contributed by atoms with Crippen molar-refractivity contribution in [1.82, 2.24) is 19.2 Å². The zero-order valence-electron chi connectivity index (χ0n) is 17.3. The van der Waals surface area contributed by atoms with Crippen LogP contribution in [0.25, 0.3) is 5.69 Å². The number of halogens is 1. The number of aromatic nitrogens is 3. The Balaban J connectivity index is 2.25. The van der Waals surface area contributed by atoms with E-state index in [4.69, 9.17) is 0 Å². The number of carbonyl (C=O) groups excluding carboxylic acids is 1. The van der Waals surface area contributed by atoms with E-state index in [1.807, 2.05) is 19.1 Å². The largest absolute Gasteiger partial charge is 0.352 e. The normalized spacial score (nSPS) is 10.8. The lowest BCUT2D eigenvalue weighted by molar-refractivity contribution is 0.0791. The first-order valence-electron chi connectivity index (χ1n) is 9.54. The van der Waals surface area contributed by atoms with Crippen LogP contribution < -0.4 is 11.2 Å². The van der Waals surface area contributed by atoms with Crippen LogP contribution in [-0.4, -0.2) is 38.7 Å². The highest BCUT2D eigenvalue weighted by Crippen LogP contribution is 2.11. The van der Waals surface area contributed by atoms with Gasteiger partial charge in [0.1, 0.15) is 5.82 Å². The smallest absolute Gasteiger partial charge is 0.340 e. The second-order valence-corrected chi connectivity index (χ2v) is 7.17. The molecule has 3 aromatic rings. The number of nitrogens with zero attached hydrogens (tertiary/aromatic N) is 4. The van der Waals surface area contributed by atoms with Crippen molar-refractivity contribution in [3.8, 4) is 5.69 Å². The number of hydrogen-bond donors (Lipinski definition) is 0. The van der Waals surface area contributed by atoms with Gasteiger partial charge in [-0.2, -0.15) is 9.78 Å². The molecule has 0 spiro atoms. The summed E-state index contributed by atoms with van der Waals surface area (Å²) in [6.45, 7) is 5.60. The van der Waals surface area contributed by atoms with E-state index in [2.05, 4.69) is 5.10 Å². The molecule has 1 aromatic heterocycles. The van der Waals surface area contributed by atoms with E-state index in [1.54, 1.807) is 26.0 Å². The molecule has 0 atom stereocenters. The lowest BCUT2D eigenvalue weighted by Gasteiger charge is -2.16. The molecular weight excluding hydrogens is 387 g/mol. The molecule has 156 valence electrons. The molecular formula is C22H23FN4O3. The quantitative estimate of drug-likeness (QED) is 0.647. The molecule has 0 saturated heterocycles. The number of hydrogen-bond acceptors (Lipinski definition) is 4. The van der Waals surface area contributed by atoms with Crippen LogP contribution in [0.1, 0.15) is 34.1 Å². The Morgan fingerprint density at radius 3 is 2.37 bits per heavy atom. The summed E-state index contributed by atoms with van der Waals surface area (Å²) in [5.74, 6) is -1.13. The number of rotatable bonds is 5. The van der Waals surface area contributed by atoms with Crippen molar-refractivity contribution in [3.05, 3.63) is 91.5 Å². The number of amides is 1.